The Hall–Kier alpha value is -1.77. The fourth-order valence-electron chi connectivity index (χ4n) is 3.12. The summed E-state index contributed by atoms with van der Waals surface area (Å²) in [5.41, 5.74) is 2.98. The molecule has 1 aromatic rings. The molecule has 1 aliphatic heterocycles. The largest absolute Gasteiger partial charge is 0.443 e. The van der Waals surface area contributed by atoms with Crippen molar-refractivity contribution in [3.63, 3.8) is 0 Å². The van der Waals surface area contributed by atoms with Crippen molar-refractivity contribution in [2.45, 2.75) is 66.4 Å². The fraction of sp³-hybridized carbons (Fsp3) is 0.571. The van der Waals surface area contributed by atoms with Crippen LogP contribution in [-0.2, 0) is 4.74 Å². The molecule has 3 heteroatoms. The molecule has 132 valence electrons. The predicted molar refractivity (Wildman–Crippen MR) is 99.6 cm³/mol. The van der Waals surface area contributed by atoms with Crippen molar-refractivity contribution in [3.8, 4) is 0 Å². The van der Waals surface area contributed by atoms with E-state index in [4.69, 9.17) is 4.74 Å². The van der Waals surface area contributed by atoms with Gasteiger partial charge in [-0.1, -0.05) is 51.1 Å². The van der Waals surface area contributed by atoms with Crippen molar-refractivity contribution in [3.05, 3.63) is 41.5 Å². The molecule has 1 amide bonds. The van der Waals surface area contributed by atoms with E-state index in [0.29, 0.717) is 6.54 Å². The molecule has 2 rings (SSSR count). The van der Waals surface area contributed by atoms with Crippen LogP contribution in [0.4, 0.5) is 4.79 Å². The smallest absolute Gasteiger partial charge is 0.414 e. The SMILES string of the molecule is CC(C)(C)OC(=O)N1CCCCC(C(C)(C)C)=C1c1ccccc1. The summed E-state index contributed by atoms with van der Waals surface area (Å²) in [7, 11) is 0. The van der Waals surface area contributed by atoms with Crippen molar-refractivity contribution in [1.29, 1.82) is 0 Å². The van der Waals surface area contributed by atoms with Crippen LogP contribution >= 0.6 is 0 Å². The summed E-state index contributed by atoms with van der Waals surface area (Å²) in [6.07, 6.45) is 2.87. The summed E-state index contributed by atoms with van der Waals surface area (Å²) in [5, 5.41) is 0. The van der Waals surface area contributed by atoms with Gasteiger partial charge in [0.2, 0.25) is 0 Å². The highest BCUT2D eigenvalue weighted by atomic mass is 16.6. The van der Waals surface area contributed by atoms with Crippen LogP contribution in [0, 0.1) is 5.41 Å². The van der Waals surface area contributed by atoms with Crippen LogP contribution in [0.2, 0.25) is 0 Å². The van der Waals surface area contributed by atoms with Crippen molar-refractivity contribution in [2.75, 3.05) is 6.54 Å². The fourth-order valence-corrected chi connectivity index (χ4v) is 3.12. The molecular formula is C21H31NO2. The number of carbonyl (C=O) groups excluding carboxylic acids is 1. The zero-order chi connectivity index (χ0) is 18.0. The molecule has 1 heterocycles. The highest BCUT2D eigenvalue weighted by molar-refractivity contribution is 5.84. The van der Waals surface area contributed by atoms with Gasteiger partial charge in [0, 0.05) is 6.54 Å². The lowest BCUT2D eigenvalue weighted by molar-refractivity contribution is 0.0352. The van der Waals surface area contributed by atoms with Crippen LogP contribution in [0.15, 0.2) is 35.9 Å². The van der Waals surface area contributed by atoms with Crippen molar-refractivity contribution in [2.24, 2.45) is 5.41 Å². The van der Waals surface area contributed by atoms with Gasteiger partial charge < -0.3 is 4.74 Å². The minimum atomic E-state index is -0.493. The summed E-state index contributed by atoms with van der Waals surface area (Å²) >= 11 is 0. The zero-order valence-electron chi connectivity index (χ0n) is 16.0. The maximum Gasteiger partial charge on any atom is 0.414 e. The van der Waals surface area contributed by atoms with Crippen LogP contribution in [-0.4, -0.2) is 23.1 Å². The molecule has 0 atom stereocenters. The van der Waals surface area contributed by atoms with Crippen LogP contribution in [0.5, 0.6) is 0 Å². The summed E-state index contributed by atoms with van der Waals surface area (Å²) in [6.45, 7) is 13.1. The minimum absolute atomic E-state index is 0.00970. The first-order valence-electron chi connectivity index (χ1n) is 8.89. The normalized spacial score (nSPS) is 16.8. The van der Waals surface area contributed by atoms with Crippen LogP contribution < -0.4 is 0 Å². The summed E-state index contributed by atoms with van der Waals surface area (Å²) < 4.78 is 5.70. The van der Waals surface area contributed by atoms with Crippen molar-refractivity contribution < 1.29 is 9.53 Å². The molecule has 24 heavy (non-hydrogen) atoms. The van der Waals surface area contributed by atoms with E-state index in [0.717, 1.165) is 30.5 Å². The van der Waals surface area contributed by atoms with E-state index in [9.17, 15) is 4.79 Å². The van der Waals surface area contributed by atoms with Gasteiger partial charge >= 0.3 is 6.09 Å². The third-order valence-corrected chi connectivity index (χ3v) is 4.18. The molecule has 0 bridgehead atoms. The quantitative estimate of drug-likeness (QED) is 0.645. The number of benzene rings is 1. The summed E-state index contributed by atoms with van der Waals surface area (Å²) in [5.74, 6) is 0. The maximum absolute atomic E-state index is 12.9. The Morgan fingerprint density at radius 3 is 2.17 bits per heavy atom. The number of hydrogen-bond donors (Lipinski definition) is 0. The topological polar surface area (TPSA) is 29.5 Å². The number of carbonyl (C=O) groups is 1. The minimum Gasteiger partial charge on any atom is -0.443 e. The van der Waals surface area contributed by atoms with Gasteiger partial charge in [-0.15, -0.1) is 0 Å². The summed E-state index contributed by atoms with van der Waals surface area (Å²) in [6, 6.07) is 10.2. The van der Waals surface area contributed by atoms with Gasteiger partial charge in [0.1, 0.15) is 5.60 Å². The van der Waals surface area contributed by atoms with Crippen LogP contribution in [0.25, 0.3) is 5.70 Å². The van der Waals surface area contributed by atoms with E-state index in [1.54, 1.807) is 0 Å². The Morgan fingerprint density at radius 2 is 1.62 bits per heavy atom. The molecule has 3 nitrogen and oxygen atoms in total. The Bertz CT molecular complexity index is 603. The van der Waals surface area contributed by atoms with Gasteiger partial charge in [0.15, 0.2) is 0 Å². The molecule has 0 saturated heterocycles. The van der Waals surface area contributed by atoms with E-state index >= 15 is 0 Å². The molecule has 1 aliphatic rings. The average molecular weight is 329 g/mol. The second-order valence-corrected chi connectivity index (χ2v) is 8.53. The second-order valence-electron chi connectivity index (χ2n) is 8.53. The monoisotopic (exact) mass is 329 g/mol. The molecule has 0 radical (unpaired) electrons. The van der Waals surface area contributed by atoms with Crippen LogP contribution in [0.3, 0.4) is 0 Å². The molecule has 0 aliphatic carbocycles. The number of nitrogens with zero attached hydrogens (tertiary/aromatic N) is 1. The lowest BCUT2D eigenvalue weighted by atomic mass is 9.81. The van der Waals surface area contributed by atoms with E-state index in [-0.39, 0.29) is 11.5 Å². The van der Waals surface area contributed by atoms with E-state index < -0.39 is 5.60 Å². The maximum atomic E-state index is 12.9. The van der Waals surface area contributed by atoms with Gasteiger partial charge in [-0.2, -0.15) is 0 Å². The lowest BCUT2D eigenvalue weighted by Crippen LogP contribution is -2.37. The first-order chi connectivity index (χ1) is 11.1. The molecule has 1 aromatic carbocycles. The third-order valence-electron chi connectivity index (χ3n) is 4.18. The molecule has 0 aromatic heterocycles. The highest BCUT2D eigenvalue weighted by Gasteiger charge is 2.32. The molecular weight excluding hydrogens is 298 g/mol. The Labute approximate surface area is 146 Å². The van der Waals surface area contributed by atoms with E-state index in [2.05, 4.69) is 32.9 Å². The molecule has 0 N–H and O–H groups in total. The third kappa shape index (κ3) is 4.62. The molecule has 0 spiro atoms. The number of allylic oxidation sites excluding steroid dienone is 1. The Kier molecular flexibility index (Phi) is 5.42. The zero-order valence-corrected chi connectivity index (χ0v) is 16.0. The van der Waals surface area contributed by atoms with Crippen molar-refractivity contribution in [1.82, 2.24) is 4.90 Å². The number of ether oxygens (including phenoxy) is 1. The highest BCUT2D eigenvalue weighted by Crippen LogP contribution is 2.40. The lowest BCUT2D eigenvalue weighted by Gasteiger charge is -2.33. The molecule has 0 saturated carbocycles. The summed E-state index contributed by atoms with van der Waals surface area (Å²) in [4.78, 5) is 14.7. The van der Waals surface area contributed by atoms with Gasteiger partial charge in [0.25, 0.3) is 0 Å². The standard InChI is InChI=1S/C21H31NO2/c1-20(2,3)17-14-10-11-15-22(19(23)24-21(4,5)6)18(17)16-12-8-7-9-13-16/h7-9,12-13H,10-11,14-15H2,1-6H3. The number of hydrogen-bond acceptors (Lipinski definition) is 2. The molecule has 0 fully saturated rings. The van der Waals surface area contributed by atoms with Gasteiger partial charge in [-0.05, 0) is 56.6 Å². The molecule has 0 unspecified atom stereocenters. The van der Waals surface area contributed by atoms with E-state index in [1.807, 2.05) is 43.9 Å². The van der Waals surface area contributed by atoms with Gasteiger partial charge in [0.05, 0.1) is 5.70 Å². The Balaban J connectivity index is 2.56. The number of amides is 1. The second kappa shape index (κ2) is 7.00. The first-order valence-corrected chi connectivity index (χ1v) is 8.89. The Morgan fingerprint density at radius 1 is 1.00 bits per heavy atom. The van der Waals surface area contributed by atoms with E-state index in [1.165, 1.54) is 5.57 Å². The number of rotatable bonds is 1. The first kappa shape index (κ1) is 18.6. The predicted octanol–water partition coefficient (Wildman–Crippen LogP) is 5.86. The van der Waals surface area contributed by atoms with Crippen LogP contribution in [0.1, 0.15) is 66.4 Å². The van der Waals surface area contributed by atoms with Crippen molar-refractivity contribution >= 4 is 11.8 Å². The van der Waals surface area contributed by atoms with Gasteiger partial charge in [-0.25, -0.2) is 4.79 Å². The average Bonchev–Trinajstić information content (AvgIpc) is 2.68. The van der Waals surface area contributed by atoms with Gasteiger partial charge in [-0.3, -0.25) is 4.90 Å².